The summed E-state index contributed by atoms with van der Waals surface area (Å²) in [5, 5.41) is 3.38. The van der Waals surface area contributed by atoms with Crippen molar-refractivity contribution in [1.82, 2.24) is 20.2 Å². The van der Waals surface area contributed by atoms with E-state index in [1.54, 1.807) is 19.6 Å². The van der Waals surface area contributed by atoms with Crippen LogP contribution in [0.5, 0.6) is 5.75 Å². The molecule has 0 radical (unpaired) electrons. The van der Waals surface area contributed by atoms with Gasteiger partial charge in [0.05, 0.1) is 18.6 Å². The summed E-state index contributed by atoms with van der Waals surface area (Å²) in [6.07, 6.45) is 5.13. The first-order valence-electron chi connectivity index (χ1n) is 10.1. The summed E-state index contributed by atoms with van der Waals surface area (Å²) in [5.41, 5.74) is 0.683. The molecule has 7 heteroatoms. The minimum absolute atomic E-state index is 0.0931. The number of hydrogen-bond donors (Lipinski definition) is 1. The zero-order valence-electron chi connectivity index (χ0n) is 17.3. The van der Waals surface area contributed by atoms with Gasteiger partial charge < -0.3 is 19.9 Å². The van der Waals surface area contributed by atoms with Gasteiger partial charge in [-0.3, -0.25) is 4.79 Å². The van der Waals surface area contributed by atoms with Crippen LogP contribution in [-0.4, -0.2) is 67.7 Å². The molecule has 4 rings (SSSR count). The van der Waals surface area contributed by atoms with E-state index in [4.69, 9.17) is 4.74 Å². The fourth-order valence-corrected chi connectivity index (χ4v) is 4.34. The summed E-state index contributed by atoms with van der Waals surface area (Å²) < 4.78 is 5.25. The third-order valence-electron chi connectivity index (χ3n) is 6.07. The van der Waals surface area contributed by atoms with E-state index in [1.165, 1.54) is 0 Å². The van der Waals surface area contributed by atoms with E-state index in [0.29, 0.717) is 5.92 Å². The molecular formula is C22H29N5O2. The van der Waals surface area contributed by atoms with Crippen LogP contribution >= 0.6 is 0 Å². The van der Waals surface area contributed by atoms with Crippen LogP contribution in [0.3, 0.4) is 0 Å². The highest BCUT2D eigenvalue weighted by atomic mass is 16.5. The number of amides is 1. The van der Waals surface area contributed by atoms with E-state index in [2.05, 4.69) is 39.2 Å². The summed E-state index contributed by atoms with van der Waals surface area (Å²) in [4.78, 5) is 26.1. The summed E-state index contributed by atoms with van der Waals surface area (Å²) in [6, 6.07) is 9.93. The topological polar surface area (TPSA) is 70.6 Å². The van der Waals surface area contributed by atoms with Gasteiger partial charge in [0.15, 0.2) is 0 Å². The zero-order chi connectivity index (χ0) is 20.4. The van der Waals surface area contributed by atoms with Crippen molar-refractivity contribution in [2.45, 2.75) is 24.3 Å². The predicted octanol–water partition coefficient (Wildman–Crippen LogP) is 1.70. The Morgan fingerprint density at radius 2 is 2.00 bits per heavy atom. The molecule has 1 aromatic heterocycles. The number of carbonyl (C=O) groups excluding carboxylic acids is 1. The largest absolute Gasteiger partial charge is 0.497 e. The number of rotatable bonds is 7. The number of ether oxygens (including phenoxy) is 1. The molecule has 1 saturated carbocycles. The average Bonchev–Trinajstić information content (AvgIpc) is 3.46. The summed E-state index contributed by atoms with van der Waals surface area (Å²) >= 11 is 0. The third-order valence-corrected chi connectivity index (χ3v) is 6.07. The van der Waals surface area contributed by atoms with Gasteiger partial charge >= 0.3 is 0 Å². The first-order chi connectivity index (χ1) is 14.0. The maximum Gasteiger partial charge on any atom is 0.230 e. The van der Waals surface area contributed by atoms with Crippen LogP contribution < -0.4 is 15.0 Å². The standard InChI is InChI=1S/C22H29N5O2/c1-26(2)12-16-13-27(20-8-11-23-15-24-20)14-19(16)25-21(28)22(9-10-22)17-4-6-18(29-3)7-5-17/h4-8,11,15-16,19H,9-10,12-14H2,1-3H3,(H,25,28)/t16-,19-/m1/s1. The van der Waals surface area contributed by atoms with E-state index in [1.807, 2.05) is 30.3 Å². The normalized spacial score (nSPS) is 22.6. The van der Waals surface area contributed by atoms with Crippen molar-refractivity contribution >= 4 is 11.7 Å². The number of nitrogens with one attached hydrogen (secondary N) is 1. The maximum atomic E-state index is 13.3. The Morgan fingerprint density at radius 1 is 1.24 bits per heavy atom. The van der Waals surface area contributed by atoms with Gasteiger partial charge in [0.25, 0.3) is 0 Å². The van der Waals surface area contributed by atoms with Gasteiger partial charge in [-0.25, -0.2) is 9.97 Å². The molecule has 29 heavy (non-hydrogen) atoms. The fourth-order valence-electron chi connectivity index (χ4n) is 4.34. The van der Waals surface area contributed by atoms with Gasteiger partial charge in [-0.05, 0) is 50.7 Å². The maximum absolute atomic E-state index is 13.3. The second kappa shape index (κ2) is 7.99. The molecule has 0 bridgehead atoms. The van der Waals surface area contributed by atoms with Gasteiger partial charge in [0, 0.05) is 31.7 Å². The molecule has 2 aromatic rings. The van der Waals surface area contributed by atoms with Gasteiger partial charge in [-0.2, -0.15) is 0 Å². The fraction of sp³-hybridized carbons (Fsp3) is 0.500. The Labute approximate surface area is 172 Å². The Hall–Kier alpha value is -2.67. The van der Waals surface area contributed by atoms with E-state index < -0.39 is 5.41 Å². The highest BCUT2D eigenvalue weighted by Gasteiger charge is 2.52. The van der Waals surface area contributed by atoms with Crippen molar-refractivity contribution in [3.05, 3.63) is 48.4 Å². The van der Waals surface area contributed by atoms with E-state index in [-0.39, 0.29) is 11.9 Å². The van der Waals surface area contributed by atoms with Crippen molar-refractivity contribution < 1.29 is 9.53 Å². The lowest BCUT2D eigenvalue weighted by atomic mass is 9.93. The highest BCUT2D eigenvalue weighted by molar-refractivity contribution is 5.91. The molecule has 1 aliphatic heterocycles. The molecule has 154 valence electrons. The second-order valence-electron chi connectivity index (χ2n) is 8.39. The van der Waals surface area contributed by atoms with Crippen LogP contribution in [0.15, 0.2) is 42.9 Å². The quantitative estimate of drug-likeness (QED) is 0.770. The molecule has 1 aromatic carbocycles. The minimum Gasteiger partial charge on any atom is -0.497 e. The van der Waals surface area contributed by atoms with Crippen LogP contribution in [-0.2, 0) is 10.2 Å². The number of anilines is 1. The van der Waals surface area contributed by atoms with Crippen molar-refractivity contribution in [3.63, 3.8) is 0 Å². The lowest BCUT2D eigenvalue weighted by Crippen LogP contribution is -2.47. The number of methoxy groups -OCH3 is 1. The summed E-state index contributed by atoms with van der Waals surface area (Å²) in [5.74, 6) is 2.21. The molecular weight excluding hydrogens is 366 g/mol. The van der Waals surface area contributed by atoms with Crippen molar-refractivity contribution in [3.8, 4) is 5.75 Å². The lowest BCUT2D eigenvalue weighted by Gasteiger charge is -2.25. The van der Waals surface area contributed by atoms with Crippen LogP contribution in [0.2, 0.25) is 0 Å². The third kappa shape index (κ3) is 4.05. The van der Waals surface area contributed by atoms with E-state index >= 15 is 0 Å². The molecule has 1 aliphatic carbocycles. The Morgan fingerprint density at radius 3 is 2.59 bits per heavy atom. The number of carbonyl (C=O) groups is 1. The number of benzene rings is 1. The Balaban J connectivity index is 1.49. The van der Waals surface area contributed by atoms with E-state index in [9.17, 15) is 4.79 Å². The van der Waals surface area contributed by atoms with Crippen molar-refractivity contribution in [2.24, 2.45) is 5.92 Å². The van der Waals surface area contributed by atoms with E-state index in [0.717, 1.165) is 49.6 Å². The monoisotopic (exact) mass is 395 g/mol. The van der Waals surface area contributed by atoms with Crippen LogP contribution in [0.1, 0.15) is 18.4 Å². The van der Waals surface area contributed by atoms with Gasteiger partial charge in [-0.15, -0.1) is 0 Å². The molecule has 1 N–H and O–H groups in total. The molecule has 2 atom stereocenters. The smallest absolute Gasteiger partial charge is 0.230 e. The first-order valence-corrected chi connectivity index (χ1v) is 10.1. The van der Waals surface area contributed by atoms with Crippen LogP contribution in [0.4, 0.5) is 5.82 Å². The molecule has 7 nitrogen and oxygen atoms in total. The molecule has 0 unspecified atom stereocenters. The molecule has 0 spiro atoms. The molecule has 2 fully saturated rings. The summed E-state index contributed by atoms with van der Waals surface area (Å²) in [6.45, 7) is 2.55. The Bertz CT molecular complexity index is 836. The minimum atomic E-state index is -0.392. The van der Waals surface area contributed by atoms with Crippen molar-refractivity contribution in [1.29, 1.82) is 0 Å². The number of hydrogen-bond acceptors (Lipinski definition) is 6. The van der Waals surface area contributed by atoms with Gasteiger partial charge in [-0.1, -0.05) is 12.1 Å². The number of nitrogens with zero attached hydrogens (tertiary/aromatic N) is 4. The molecule has 2 aliphatic rings. The molecule has 2 heterocycles. The molecule has 1 amide bonds. The predicted molar refractivity (Wildman–Crippen MR) is 112 cm³/mol. The Kier molecular flexibility index (Phi) is 5.41. The van der Waals surface area contributed by atoms with Crippen molar-refractivity contribution in [2.75, 3.05) is 45.7 Å². The molecule has 1 saturated heterocycles. The SMILES string of the molecule is COc1ccc(C2(C(=O)N[C@@H]3CN(c4ccncn4)C[C@H]3CN(C)C)CC2)cc1. The highest BCUT2D eigenvalue weighted by Crippen LogP contribution is 2.49. The van der Waals surface area contributed by atoms with Gasteiger partial charge in [0.2, 0.25) is 5.91 Å². The van der Waals surface area contributed by atoms with Crippen LogP contribution in [0.25, 0.3) is 0 Å². The number of aromatic nitrogens is 2. The summed E-state index contributed by atoms with van der Waals surface area (Å²) in [7, 11) is 5.81. The van der Waals surface area contributed by atoms with Crippen LogP contribution in [0, 0.1) is 5.92 Å². The van der Waals surface area contributed by atoms with Gasteiger partial charge in [0.1, 0.15) is 17.9 Å². The first kappa shape index (κ1) is 19.6. The average molecular weight is 396 g/mol. The lowest BCUT2D eigenvalue weighted by molar-refractivity contribution is -0.124. The second-order valence-corrected chi connectivity index (χ2v) is 8.39. The zero-order valence-corrected chi connectivity index (χ0v) is 17.3.